The number of hydrogen-bond donors (Lipinski definition) is 2. The van der Waals surface area contributed by atoms with Gasteiger partial charge in [-0.25, -0.2) is 9.44 Å². The average Bonchev–Trinajstić information content (AvgIpc) is 3.81. The molecule has 0 radical (unpaired) electrons. The molecule has 0 spiro atoms. The normalized spacial score (nSPS) is 19.9. The Morgan fingerprint density at radius 3 is 1.65 bits per heavy atom. The summed E-state index contributed by atoms with van der Waals surface area (Å²) in [5, 5.41) is 0. The minimum atomic E-state index is -3.44. The van der Waals surface area contributed by atoms with Gasteiger partial charge < -0.3 is 24.3 Å². The molecule has 54 heavy (non-hydrogen) atoms. The lowest BCUT2D eigenvalue weighted by atomic mass is 10.0. The van der Waals surface area contributed by atoms with Gasteiger partial charge >= 0.3 is 0 Å². The number of piperazine rings is 2. The van der Waals surface area contributed by atoms with Crippen LogP contribution in [0, 0.1) is 0 Å². The molecule has 0 bridgehead atoms. The zero-order chi connectivity index (χ0) is 38.5. The first kappa shape index (κ1) is 40.4. The van der Waals surface area contributed by atoms with Gasteiger partial charge in [0.05, 0.1) is 7.11 Å². The van der Waals surface area contributed by atoms with Gasteiger partial charge in [0.25, 0.3) is 20.4 Å². The van der Waals surface area contributed by atoms with Crippen molar-refractivity contribution in [3.63, 3.8) is 0 Å². The zero-order valence-corrected chi connectivity index (χ0v) is 34.1. The van der Waals surface area contributed by atoms with Crippen LogP contribution in [0.5, 0.6) is 5.75 Å². The Balaban J connectivity index is 0.000000193. The quantitative estimate of drug-likeness (QED) is 0.286. The Morgan fingerprint density at radius 1 is 0.593 bits per heavy atom. The number of nitrogens with zero attached hydrogens (tertiary/aromatic N) is 6. The number of anilines is 2. The summed E-state index contributed by atoms with van der Waals surface area (Å²) in [4.78, 5) is 8.89. The first-order valence-corrected chi connectivity index (χ1v) is 22.0. The molecule has 0 saturated carbocycles. The van der Waals surface area contributed by atoms with E-state index in [0.717, 1.165) is 63.4 Å². The lowest BCUT2D eigenvalue weighted by Gasteiger charge is -2.33. The molecule has 2 atom stereocenters. The molecule has 3 aromatic carbocycles. The van der Waals surface area contributed by atoms with Crippen LogP contribution in [0.1, 0.15) is 25.0 Å². The van der Waals surface area contributed by atoms with Crippen LogP contribution >= 0.6 is 0 Å². The number of para-hydroxylation sites is 1. The smallest absolute Gasteiger partial charge is 0.279 e. The van der Waals surface area contributed by atoms with Crippen molar-refractivity contribution >= 4 is 31.8 Å². The van der Waals surface area contributed by atoms with Gasteiger partial charge in [0.15, 0.2) is 0 Å². The van der Waals surface area contributed by atoms with Crippen molar-refractivity contribution in [3.8, 4) is 16.9 Å². The lowest BCUT2D eigenvalue weighted by molar-refractivity contribution is 0.220. The molecular formula is C39H58N8O5S2. The maximum absolute atomic E-state index is 12.7. The Morgan fingerprint density at radius 2 is 1.09 bits per heavy atom. The molecule has 4 aliphatic rings. The molecule has 4 heterocycles. The van der Waals surface area contributed by atoms with Crippen molar-refractivity contribution in [2.24, 2.45) is 0 Å². The third kappa shape index (κ3) is 9.74. The van der Waals surface area contributed by atoms with Crippen molar-refractivity contribution in [2.75, 3.05) is 110 Å². The van der Waals surface area contributed by atoms with E-state index in [1.807, 2.05) is 38.4 Å². The van der Waals surface area contributed by atoms with Gasteiger partial charge in [0.2, 0.25) is 0 Å². The maximum atomic E-state index is 12.7. The fourth-order valence-corrected chi connectivity index (χ4v) is 10.2. The molecule has 13 nitrogen and oxygen atoms in total. The summed E-state index contributed by atoms with van der Waals surface area (Å²) in [6, 6.07) is 23.2. The molecular weight excluding hydrogens is 725 g/mol. The number of hydrogen-bond acceptors (Lipinski definition) is 9. The third-order valence-electron chi connectivity index (χ3n) is 11.1. The van der Waals surface area contributed by atoms with E-state index >= 15 is 0 Å². The van der Waals surface area contributed by atoms with Crippen molar-refractivity contribution in [1.29, 1.82) is 0 Å². The zero-order valence-electron chi connectivity index (χ0n) is 32.4. The highest BCUT2D eigenvalue weighted by Gasteiger charge is 2.30. The lowest BCUT2D eigenvalue weighted by Crippen LogP contribution is -2.52. The van der Waals surface area contributed by atoms with Crippen molar-refractivity contribution in [3.05, 3.63) is 77.9 Å². The van der Waals surface area contributed by atoms with E-state index < -0.39 is 20.4 Å². The van der Waals surface area contributed by atoms with E-state index in [-0.39, 0.29) is 12.1 Å². The standard InChI is InChI=1S/C23H32N4O3S.C16H26N4O2S/c1-18(17-24-31(28,29)26-13-11-25(2)12-14-26)27-10-9-21-15-20(7-8-23(21)27)19-5-4-6-22(16-19)30-3;1-14(20-8-7-15-5-3-4-6-16(15)20)13-17-23(21,22)19-11-9-18(2)10-12-19/h4-8,15-16,18,24H,9-14,17H2,1-3H3;3-6,14,17H,7-13H2,1-2H3. The van der Waals surface area contributed by atoms with E-state index in [9.17, 15) is 16.8 Å². The minimum absolute atomic E-state index is 0.0751. The van der Waals surface area contributed by atoms with Crippen molar-refractivity contribution in [1.82, 2.24) is 27.9 Å². The van der Waals surface area contributed by atoms with Crippen LogP contribution in [0.15, 0.2) is 66.7 Å². The van der Waals surface area contributed by atoms with Gasteiger partial charge in [-0.3, -0.25) is 0 Å². The number of ether oxygens (including phenoxy) is 1. The van der Waals surface area contributed by atoms with Crippen LogP contribution in [-0.4, -0.2) is 147 Å². The number of benzene rings is 3. The molecule has 7 rings (SSSR count). The monoisotopic (exact) mass is 782 g/mol. The molecule has 2 fully saturated rings. The third-order valence-corrected chi connectivity index (χ3v) is 14.3. The first-order chi connectivity index (χ1) is 25.8. The highest BCUT2D eigenvalue weighted by Crippen LogP contribution is 2.34. The molecule has 2 unspecified atom stereocenters. The van der Waals surface area contributed by atoms with Crippen molar-refractivity contribution in [2.45, 2.75) is 38.8 Å². The fraction of sp³-hybridized carbons (Fsp3) is 0.538. The summed E-state index contributed by atoms with van der Waals surface area (Å²) >= 11 is 0. The number of likely N-dealkylation sites (N-methyl/N-ethyl adjacent to an activating group) is 2. The van der Waals surface area contributed by atoms with Gasteiger partial charge in [-0.1, -0.05) is 36.4 Å². The molecule has 2 saturated heterocycles. The highest BCUT2D eigenvalue weighted by atomic mass is 32.2. The van der Waals surface area contributed by atoms with E-state index in [0.29, 0.717) is 39.3 Å². The van der Waals surface area contributed by atoms with Crippen LogP contribution in [0.25, 0.3) is 11.1 Å². The van der Waals surface area contributed by atoms with Crippen LogP contribution < -0.4 is 24.0 Å². The van der Waals surface area contributed by atoms with Crippen LogP contribution in [0.2, 0.25) is 0 Å². The number of fused-ring (bicyclic) bond motifs is 2. The molecule has 3 aromatic rings. The molecule has 0 aromatic heterocycles. The summed E-state index contributed by atoms with van der Waals surface area (Å²) in [6.45, 7) is 12.2. The Kier molecular flexibility index (Phi) is 13.2. The topological polar surface area (TPSA) is 121 Å². The molecule has 15 heteroatoms. The predicted molar refractivity (Wildman–Crippen MR) is 218 cm³/mol. The minimum Gasteiger partial charge on any atom is -0.497 e. The summed E-state index contributed by atoms with van der Waals surface area (Å²) < 4.78 is 64.3. The van der Waals surface area contributed by atoms with Gasteiger partial charge in [-0.05, 0) is 93.4 Å². The first-order valence-electron chi connectivity index (χ1n) is 19.1. The van der Waals surface area contributed by atoms with E-state index in [2.05, 4.69) is 85.4 Å². The molecule has 0 aliphatic carbocycles. The SMILES string of the molecule is CC(CNS(=O)(=O)N1CCN(C)CC1)N1CCc2ccccc21.COc1cccc(-c2ccc3c(c2)CCN3C(C)CNS(=O)(=O)N2CCN(C)CC2)c1. The summed E-state index contributed by atoms with van der Waals surface area (Å²) in [5.74, 6) is 0.848. The van der Waals surface area contributed by atoms with E-state index in [1.54, 1.807) is 15.7 Å². The average molecular weight is 783 g/mol. The van der Waals surface area contributed by atoms with Crippen LogP contribution in [-0.2, 0) is 33.3 Å². The maximum Gasteiger partial charge on any atom is 0.279 e. The predicted octanol–water partition coefficient (Wildman–Crippen LogP) is 2.71. The van der Waals surface area contributed by atoms with Crippen molar-refractivity contribution < 1.29 is 21.6 Å². The second kappa shape index (κ2) is 17.7. The Bertz CT molecular complexity index is 1930. The molecule has 0 amide bonds. The van der Waals surface area contributed by atoms with Crippen LogP contribution in [0.3, 0.4) is 0 Å². The number of nitrogens with one attached hydrogen (secondary N) is 2. The summed E-state index contributed by atoms with van der Waals surface area (Å²) in [5.41, 5.74) is 7.38. The molecule has 4 aliphatic heterocycles. The second-order valence-electron chi connectivity index (χ2n) is 14.9. The highest BCUT2D eigenvalue weighted by molar-refractivity contribution is 7.87. The number of methoxy groups -OCH3 is 1. The van der Waals surface area contributed by atoms with Gasteiger partial charge in [0, 0.05) is 102 Å². The molecule has 2 N–H and O–H groups in total. The summed E-state index contributed by atoms with van der Waals surface area (Å²) in [6.07, 6.45) is 1.99. The van der Waals surface area contributed by atoms with Gasteiger partial charge in [-0.15, -0.1) is 0 Å². The second-order valence-corrected chi connectivity index (χ2v) is 18.4. The Labute approximate surface area is 323 Å². The molecule has 296 valence electrons. The van der Waals surface area contributed by atoms with Gasteiger partial charge in [-0.2, -0.15) is 25.4 Å². The van der Waals surface area contributed by atoms with Gasteiger partial charge in [0.1, 0.15) is 5.75 Å². The van der Waals surface area contributed by atoms with E-state index in [1.165, 1.54) is 28.1 Å². The van der Waals surface area contributed by atoms with E-state index in [4.69, 9.17) is 4.74 Å². The fourth-order valence-electron chi connectivity index (χ4n) is 7.60. The summed E-state index contributed by atoms with van der Waals surface area (Å²) in [7, 11) is -1.10. The number of rotatable bonds is 12. The Hall–Kier alpha value is -3.28. The largest absolute Gasteiger partial charge is 0.497 e. The van der Waals surface area contributed by atoms with Crippen LogP contribution in [0.4, 0.5) is 11.4 Å².